The molecule has 2 aromatic rings. The molecule has 2 aromatic carbocycles. The van der Waals surface area contributed by atoms with Gasteiger partial charge in [0.05, 0.1) is 0 Å². The Bertz CT molecular complexity index is 720. The molecule has 0 aliphatic heterocycles. The average Bonchev–Trinajstić information content (AvgIpc) is 2.54. The number of amides is 1. The summed E-state index contributed by atoms with van der Waals surface area (Å²) in [6, 6.07) is 14.3. The minimum atomic E-state index is -0.785. The lowest BCUT2D eigenvalue weighted by Crippen LogP contribution is -2.27. The zero-order valence-electron chi connectivity index (χ0n) is 12.3. The van der Waals surface area contributed by atoms with Crippen molar-refractivity contribution in [2.75, 3.05) is 5.32 Å². The first-order valence-electron chi connectivity index (χ1n) is 6.77. The van der Waals surface area contributed by atoms with Gasteiger partial charge in [-0.15, -0.1) is 0 Å². The predicted molar refractivity (Wildman–Crippen MR) is 101 cm³/mol. The van der Waals surface area contributed by atoms with E-state index in [-0.39, 0.29) is 11.7 Å². The summed E-state index contributed by atoms with van der Waals surface area (Å²) in [4.78, 5) is 17.2. The summed E-state index contributed by atoms with van der Waals surface area (Å²) in [5.41, 5.74) is 7.14. The normalized spacial score (nSPS) is 12.6. The van der Waals surface area contributed by atoms with E-state index in [0.717, 1.165) is 3.57 Å². The molecule has 0 aliphatic carbocycles. The van der Waals surface area contributed by atoms with Gasteiger partial charge in [0.25, 0.3) is 5.91 Å². The molecule has 5 nitrogen and oxygen atoms in total. The van der Waals surface area contributed by atoms with Crippen LogP contribution in [0.4, 0.5) is 5.69 Å². The molecule has 120 valence electrons. The zero-order chi connectivity index (χ0) is 16.8. The molecular weight excluding hydrogens is 429 g/mol. The summed E-state index contributed by atoms with van der Waals surface area (Å²) in [7, 11) is 0. The lowest BCUT2D eigenvalue weighted by atomic mass is 10.2. The Labute approximate surface area is 153 Å². The van der Waals surface area contributed by atoms with Crippen molar-refractivity contribution in [1.29, 1.82) is 0 Å². The second kappa shape index (κ2) is 8.16. The molecule has 1 atom stereocenters. The van der Waals surface area contributed by atoms with Crippen LogP contribution < -0.4 is 11.1 Å². The fraction of sp³-hybridized carbons (Fsp3) is 0.125. The van der Waals surface area contributed by atoms with Gasteiger partial charge in [-0.25, -0.2) is 0 Å². The maximum absolute atomic E-state index is 12.0. The highest BCUT2D eigenvalue weighted by molar-refractivity contribution is 14.1. The third kappa shape index (κ3) is 5.40. The largest absolute Gasteiger partial charge is 0.381 e. The van der Waals surface area contributed by atoms with Crippen LogP contribution in [-0.4, -0.2) is 17.8 Å². The Morgan fingerprint density at radius 3 is 2.65 bits per heavy atom. The Morgan fingerprint density at radius 1 is 1.30 bits per heavy atom. The van der Waals surface area contributed by atoms with Gasteiger partial charge in [0, 0.05) is 19.8 Å². The molecular formula is C16H15ClIN3O2. The topological polar surface area (TPSA) is 76.7 Å². The van der Waals surface area contributed by atoms with Crippen LogP contribution in [0.15, 0.2) is 53.7 Å². The SMILES string of the molecule is CC(O/N=C(/N)c1cccc(Cl)c1)C(=O)Nc1ccc(I)cc1. The Balaban J connectivity index is 1.95. The van der Waals surface area contributed by atoms with Gasteiger partial charge in [0.2, 0.25) is 6.10 Å². The van der Waals surface area contributed by atoms with Crippen molar-refractivity contribution in [2.45, 2.75) is 13.0 Å². The van der Waals surface area contributed by atoms with E-state index in [1.165, 1.54) is 0 Å². The average molecular weight is 444 g/mol. The molecule has 0 radical (unpaired) electrons. The van der Waals surface area contributed by atoms with E-state index in [1.54, 1.807) is 31.2 Å². The maximum atomic E-state index is 12.0. The van der Waals surface area contributed by atoms with E-state index >= 15 is 0 Å². The van der Waals surface area contributed by atoms with Crippen molar-refractivity contribution in [1.82, 2.24) is 0 Å². The van der Waals surface area contributed by atoms with E-state index in [1.807, 2.05) is 24.3 Å². The lowest BCUT2D eigenvalue weighted by Gasteiger charge is -2.11. The number of amidine groups is 1. The van der Waals surface area contributed by atoms with Crippen LogP contribution in [0.3, 0.4) is 0 Å². The fourth-order valence-electron chi connectivity index (χ4n) is 1.66. The molecule has 0 bridgehead atoms. The molecule has 0 fully saturated rings. The van der Waals surface area contributed by atoms with Crippen LogP contribution in [0.1, 0.15) is 12.5 Å². The first-order valence-corrected chi connectivity index (χ1v) is 8.23. The third-order valence-corrected chi connectivity index (χ3v) is 3.86. The summed E-state index contributed by atoms with van der Waals surface area (Å²) in [5.74, 6) is -0.157. The molecule has 1 amide bonds. The Kier molecular flexibility index (Phi) is 6.23. The number of oxime groups is 1. The lowest BCUT2D eigenvalue weighted by molar-refractivity contribution is -0.126. The number of anilines is 1. The number of nitrogens with one attached hydrogen (secondary N) is 1. The van der Waals surface area contributed by atoms with Gasteiger partial charge < -0.3 is 15.9 Å². The Morgan fingerprint density at radius 2 is 2.00 bits per heavy atom. The summed E-state index contributed by atoms with van der Waals surface area (Å²) in [6.45, 7) is 1.59. The van der Waals surface area contributed by atoms with Gasteiger partial charge in [-0.2, -0.15) is 0 Å². The van der Waals surface area contributed by atoms with Crippen LogP contribution >= 0.6 is 34.2 Å². The van der Waals surface area contributed by atoms with Gasteiger partial charge in [-0.05, 0) is 65.9 Å². The first kappa shape index (κ1) is 17.6. The Hall–Kier alpha value is -1.80. The highest BCUT2D eigenvalue weighted by Crippen LogP contribution is 2.12. The fourth-order valence-corrected chi connectivity index (χ4v) is 2.21. The first-order chi connectivity index (χ1) is 11.0. The monoisotopic (exact) mass is 443 g/mol. The van der Waals surface area contributed by atoms with Gasteiger partial charge in [0.15, 0.2) is 5.84 Å². The third-order valence-electron chi connectivity index (χ3n) is 2.91. The molecule has 1 unspecified atom stereocenters. The molecule has 0 aliphatic rings. The quantitative estimate of drug-likeness (QED) is 0.321. The van der Waals surface area contributed by atoms with Crippen molar-refractivity contribution in [3.8, 4) is 0 Å². The minimum absolute atomic E-state index is 0.154. The number of nitrogens with zero attached hydrogens (tertiary/aromatic N) is 1. The molecule has 2 rings (SSSR count). The predicted octanol–water partition coefficient (Wildman–Crippen LogP) is 3.61. The van der Waals surface area contributed by atoms with Crippen molar-refractivity contribution >= 4 is 51.6 Å². The van der Waals surface area contributed by atoms with Crippen LogP contribution in [-0.2, 0) is 9.63 Å². The standard InChI is InChI=1S/C16H15ClIN3O2/c1-10(16(22)20-14-7-5-13(18)6-8-14)23-21-15(19)11-3-2-4-12(17)9-11/h2-10H,1H3,(H2,19,21)(H,20,22). The van der Waals surface area contributed by atoms with Crippen LogP contribution in [0.5, 0.6) is 0 Å². The second-order valence-electron chi connectivity index (χ2n) is 4.73. The van der Waals surface area contributed by atoms with E-state index in [0.29, 0.717) is 16.3 Å². The number of nitrogens with two attached hydrogens (primary N) is 1. The second-order valence-corrected chi connectivity index (χ2v) is 6.41. The van der Waals surface area contributed by atoms with E-state index in [2.05, 4.69) is 33.1 Å². The smallest absolute Gasteiger partial charge is 0.267 e. The van der Waals surface area contributed by atoms with E-state index < -0.39 is 6.10 Å². The number of carbonyl (C=O) groups is 1. The number of rotatable bonds is 5. The summed E-state index contributed by atoms with van der Waals surface area (Å²) >= 11 is 8.08. The summed E-state index contributed by atoms with van der Waals surface area (Å²) in [6.07, 6.45) is -0.785. The molecule has 7 heteroatoms. The summed E-state index contributed by atoms with van der Waals surface area (Å²) < 4.78 is 1.09. The summed E-state index contributed by atoms with van der Waals surface area (Å²) in [5, 5.41) is 7.08. The highest BCUT2D eigenvalue weighted by Gasteiger charge is 2.14. The zero-order valence-corrected chi connectivity index (χ0v) is 15.2. The molecule has 0 saturated heterocycles. The van der Waals surface area contributed by atoms with Crippen LogP contribution in [0, 0.1) is 3.57 Å². The number of carbonyl (C=O) groups excluding carboxylic acids is 1. The van der Waals surface area contributed by atoms with Crippen molar-refractivity contribution in [2.24, 2.45) is 10.9 Å². The number of hydrogen-bond acceptors (Lipinski definition) is 3. The van der Waals surface area contributed by atoms with E-state index in [9.17, 15) is 4.79 Å². The molecule has 0 heterocycles. The number of halogens is 2. The van der Waals surface area contributed by atoms with Crippen LogP contribution in [0.25, 0.3) is 0 Å². The number of benzene rings is 2. The molecule has 0 aromatic heterocycles. The van der Waals surface area contributed by atoms with Gasteiger partial charge in [-0.1, -0.05) is 28.9 Å². The maximum Gasteiger partial charge on any atom is 0.267 e. The highest BCUT2D eigenvalue weighted by atomic mass is 127. The van der Waals surface area contributed by atoms with E-state index in [4.69, 9.17) is 22.2 Å². The molecule has 0 saturated carbocycles. The molecule has 23 heavy (non-hydrogen) atoms. The van der Waals surface area contributed by atoms with Crippen LogP contribution in [0.2, 0.25) is 5.02 Å². The van der Waals surface area contributed by atoms with Crippen molar-refractivity contribution in [3.63, 3.8) is 0 Å². The van der Waals surface area contributed by atoms with Gasteiger partial charge in [0.1, 0.15) is 0 Å². The van der Waals surface area contributed by atoms with Crippen molar-refractivity contribution < 1.29 is 9.63 Å². The molecule has 0 spiro atoms. The van der Waals surface area contributed by atoms with Crippen molar-refractivity contribution in [3.05, 3.63) is 62.7 Å². The molecule has 3 N–H and O–H groups in total. The number of hydrogen-bond donors (Lipinski definition) is 2. The minimum Gasteiger partial charge on any atom is -0.381 e. The van der Waals surface area contributed by atoms with Gasteiger partial charge in [-0.3, -0.25) is 4.79 Å². The van der Waals surface area contributed by atoms with Gasteiger partial charge >= 0.3 is 0 Å².